The second-order valence-electron chi connectivity index (χ2n) is 8.23. The molecule has 9 heteroatoms. The van der Waals surface area contributed by atoms with Crippen LogP contribution in [0.15, 0.2) is 23.3 Å². The van der Waals surface area contributed by atoms with Gasteiger partial charge in [0.2, 0.25) is 0 Å². The Kier molecular flexibility index (Phi) is 2.68. The van der Waals surface area contributed by atoms with Gasteiger partial charge in [-0.3, -0.25) is 25.7 Å². The van der Waals surface area contributed by atoms with Crippen LogP contribution in [-0.4, -0.2) is 20.4 Å². The Bertz CT molecular complexity index is 918. The molecule has 1 N–H and O–H groups in total. The lowest BCUT2D eigenvalue weighted by molar-refractivity contribution is -0.393. The van der Waals surface area contributed by atoms with Crippen LogP contribution < -0.4 is 5.43 Å². The molecule has 0 aliphatic heterocycles. The Morgan fingerprint density at radius 1 is 1.04 bits per heavy atom. The predicted molar refractivity (Wildman–Crippen MR) is 96.1 cm³/mol. The van der Waals surface area contributed by atoms with Gasteiger partial charge in [0.15, 0.2) is 0 Å². The van der Waals surface area contributed by atoms with Crippen molar-refractivity contribution in [3.8, 4) is 0 Å². The summed E-state index contributed by atoms with van der Waals surface area (Å²) in [5.41, 5.74) is 3.66. The summed E-state index contributed by atoms with van der Waals surface area (Å²) in [6.07, 6.45) is 1.32. The van der Waals surface area contributed by atoms with E-state index < -0.39 is 9.85 Å². The minimum Gasteiger partial charge on any atom is -0.272 e. The summed E-state index contributed by atoms with van der Waals surface area (Å²) in [4.78, 5) is 21.5. The predicted octanol–water partition coefficient (Wildman–Crippen LogP) is 3.42. The van der Waals surface area contributed by atoms with Crippen molar-refractivity contribution in [1.82, 2.24) is 0 Å². The van der Waals surface area contributed by atoms with Crippen LogP contribution in [-0.2, 0) is 0 Å². The summed E-state index contributed by atoms with van der Waals surface area (Å²) in [7, 11) is 0. The lowest BCUT2D eigenvalue weighted by atomic mass is 9.71. The largest absolute Gasteiger partial charge is 0.301 e. The minimum absolute atomic E-state index is 0.210. The summed E-state index contributed by atoms with van der Waals surface area (Å²) >= 11 is 3.93. The third kappa shape index (κ3) is 1.51. The van der Waals surface area contributed by atoms with Gasteiger partial charge in [0.1, 0.15) is 5.69 Å². The molecule has 26 heavy (non-hydrogen) atoms. The second kappa shape index (κ2) is 4.62. The fraction of sp³-hybridized carbons (Fsp3) is 0.588. The molecule has 0 spiro atoms. The van der Waals surface area contributed by atoms with Gasteiger partial charge in [-0.2, -0.15) is 5.10 Å². The molecule has 0 amide bonds. The molecule has 6 bridgehead atoms. The topological polar surface area (TPSA) is 111 Å². The number of nitrogens with one attached hydrogen (secondary N) is 1. The van der Waals surface area contributed by atoms with Gasteiger partial charge in [-0.1, -0.05) is 15.9 Å². The molecule has 0 radical (unpaired) electrons. The van der Waals surface area contributed by atoms with Crippen molar-refractivity contribution in [2.75, 3.05) is 5.43 Å². The van der Waals surface area contributed by atoms with Crippen molar-refractivity contribution >= 4 is 38.7 Å². The molecule has 6 saturated carbocycles. The standard InChI is InChI=1S/C17H15BrN4O4/c18-16-12-6-4-7-10(12)15-14(16)11(6)13(7)17(15)20-19-8-2-1-5(21(23)24)3-9(8)22(25)26/h1-3,6-7,10-16,19H,4H2. The molecule has 0 heterocycles. The SMILES string of the molecule is O=[N+]([O-])c1ccc(NN=C2C3C4C(Br)C5C6CC(C2C64)C35)c([N+](=O)[O-])c1. The Morgan fingerprint density at radius 2 is 1.81 bits per heavy atom. The highest BCUT2D eigenvalue weighted by atomic mass is 79.9. The van der Waals surface area contributed by atoms with Crippen molar-refractivity contribution in [3.63, 3.8) is 0 Å². The van der Waals surface area contributed by atoms with Gasteiger partial charge in [-0.15, -0.1) is 0 Å². The maximum atomic E-state index is 11.3. The summed E-state index contributed by atoms with van der Waals surface area (Å²) < 4.78 is 0. The third-order valence-corrected chi connectivity index (χ3v) is 8.96. The third-order valence-electron chi connectivity index (χ3n) is 7.73. The molecule has 134 valence electrons. The Labute approximate surface area is 156 Å². The summed E-state index contributed by atoms with van der Waals surface area (Å²) in [5.74, 6) is 5.54. The number of nitro benzene ring substituents is 2. The molecular formula is C17H15BrN4O4. The van der Waals surface area contributed by atoms with Crippen molar-refractivity contribution < 1.29 is 9.85 Å². The number of anilines is 1. The van der Waals surface area contributed by atoms with Gasteiger partial charge in [0.05, 0.1) is 15.9 Å². The molecule has 9 unspecified atom stereocenters. The zero-order valence-corrected chi connectivity index (χ0v) is 15.1. The first-order valence-electron chi connectivity index (χ1n) is 8.89. The van der Waals surface area contributed by atoms with E-state index in [4.69, 9.17) is 0 Å². The quantitative estimate of drug-likeness (QED) is 0.457. The van der Waals surface area contributed by atoms with Crippen LogP contribution in [0.5, 0.6) is 0 Å². The van der Waals surface area contributed by atoms with Gasteiger partial charge in [-0.25, -0.2) is 0 Å². The highest BCUT2D eigenvalue weighted by molar-refractivity contribution is 9.09. The highest BCUT2D eigenvalue weighted by Crippen LogP contribution is 2.82. The number of hydrogen-bond donors (Lipinski definition) is 1. The van der Waals surface area contributed by atoms with Crippen molar-refractivity contribution in [3.05, 3.63) is 38.4 Å². The van der Waals surface area contributed by atoms with Crippen LogP contribution in [0.1, 0.15) is 6.42 Å². The summed E-state index contributed by atoms with van der Waals surface area (Å²) in [6.45, 7) is 0. The van der Waals surface area contributed by atoms with Crippen LogP contribution in [0, 0.1) is 67.6 Å². The first-order chi connectivity index (χ1) is 12.5. The van der Waals surface area contributed by atoms with Crippen LogP contribution in [0.25, 0.3) is 0 Å². The number of hydrazone groups is 1. The van der Waals surface area contributed by atoms with Crippen LogP contribution in [0.2, 0.25) is 0 Å². The first-order valence-corrected chi connectivity index (χ1v) is 9.81. The molecule has 0 saturated heterocycles. The lowest BCUT2D eigenvalue weighted by Crippen LogP contribution is -2.30. The number of benzene rings is 1. The zero-order valence-electron chi connectivity index (χ0n) is 13.5. The van der Waals surface area contributed by atoms with Crippen molar-refractivity contribution in [1.29, 1.82) is 0 Å². The summed E-state index contributed by atoms with van der Waals surface area (Å²) in [5, 5.41) is 26.8. The fourth-order valence-electron chi connectivity index (χ4n) is 7.38. The Balaban J connectivity index is 1.35. The van der Waals surface area contributed by atoms with Crippen LogP contribution in [0.4, 0.5) is 17.1 Å². The van der Waals surface area contributed by atoms with Gasteiger partial charge < -0.3 is 0 Å². The smallest absolute Gasteiger partial charge is 0.272 e. The summed E-state index contributed by atoms with van der Waals surface area (Å²) in [6, 6.07) is 3.63. The molecule has 6 fully saturated rings. The highest BCUT2D eigenvalue weighted by Gasteiger charge is 2.82. The maximum absolute atomic E-state index is 11.3. The monoisotopic (exact) mass is 418 g/mol. The van der Waals surface area contributed by atoms with Crippen molar-refractivity contribution in [2.24, 2.45) is 52.4 Å². The van der Waals surface area contributed by atoms with E-state index in [9.17, 15) is 20.2 Å². The van der Waals surface area contributed by atoms with E-state index in [0.29, 0.717) is 22.6 Å². The number of rotatable bonds is 4. The van der Waals surface area contributed by atoms with Crippen LogP contribution in [0.3, 0.4) is 0 Å². The van der Waals surface area contributed by atoms with E-state index in [1.54, 1.807) is 0 Å². The molecule has 9 atom stereocenters. The second-order valence-corrected chi connectivity index (χ2v) is 9.29. The fourth-order valence-corrected chi connectivity index (χ4v) is 8.80. The Hall–Kier alpha value is -2.03. The van der Waals surface area contributed by atoms with Crippen LogP contribution >= 0.6 is 15.9 Å². The number of alkyl halides is 1. The lowest BCUT2D eigenvalue weighted by Gasteiger charge is -2.32. The molecular weight excluding hydrogens is 404 g/mol. The molecule has 8 nitrogen and oxygen atoms in total. The number of non-ortho nitro benzene ring substituents is 1. The van der Waals surface area contributed by atoms with Gasteiger partial charge in [0.25, 0.3) is 5.69 Å². The Morgan fingerprint density at radius 3 is 2.50 bits per heavy atom. The maximum Gasteiger partial charge on any atom is 0.301 e. The number of hydrogen-bond acceptors (Lipinski definition) is 6. The van der Waals surface area contributed by atoms with E-state index in [1.807, 2.05) is 0 Å². The molecule has 0 aromatic heterocycles. The van der Waals surface area contributed by atoms with Gasteiger partial charge in [0, 0.05) is 28.4 Å². The minimum atomic E-state index is -0.631. The molecule has 1 aromatic rings. The molecule has 6 aliphatic carbocycles. The zero-order chi connectivity index (χ0) is 17.9. The number of nitro groups is 2. The average molecular weight is 419 g/mol. The normalized spacial score (nSPS) is 46.8. The average Bonchev–Trinajstić information content (AvgIpc) is 3.35. The first kappa shape index (κ1) is 15.1. The van der Waals surface area contributed by atoms with Crippen molar-refractivity contribution in [2.45, 2.75) is 11.2 Å². The van der Waals surface area contributed by atoms with E-state index in [0.717, 1.165) is 35.7 Å². The number of halogens is 1. The number of nitrogens with zero attached hydrogens (tertiary/aromatic N) is 3. The van der Waals surface area contributed by atoms with Gasteiger partial charge >= 0.3 is 5.69 Å². The van der Waals surface area contributed by atoms with E-state index in [1.165, 1.54) is 24.3 Å². The molecule has 7 rings (SSSR count). The van der Waals surface area contributed by atoms with Gasteiger partial charge in [-0.05, 0) is 48.0 Å². The molecule has 1 aromatic carbocycles. The van der Waals surface area contributed by atoms with E-state index in [-0.39, 0.29) is 17.1 Å². The van der Waals surface area contributed by atoms with E-state index >= 15 is 0 Å². The van der Waals surface area contributed by atoms with E-state index in [2.05, 4.69) is 26.5 Å². The molecule has 6 aliphatic rings.